The SMILES string of the molecule is NCCc1ccccc1-c1nc2c(F)cccc2[nH]1. The lowest BCUT2D eigenvalue weighted by molar-refractivity contribution is 0.637. The van der Waals surface area contributed by atoms with E-state index in [1.54, 1.807) is 6.07 Å². The monoisotopic (exact) mass is 255 g/mol. The number of aromatic amines is 1. The van der Waals surface area contributed by atoms with Gasteiger partial charge in [-0.3, -0.25) is 0 Å². The van der Waals surface area contributed by atoms with Gasteiger partial charge in [-0.25, -0.2) is 9.37 Å². The van der Waals surface area contributed by atoms with Gasteiger partial charge in [0.1, 0.15) is 11.3 Å². The van der Waals surface area contributed by atoms with E-state index in [0.29, 0.717) is 23.4 Å². The Morgan fingerprint density at radius 3 is 2.74 bits per heavy atom. The van der Waals surface area contributed by atoms with E-state index in [9.17, 15) is 4.39 Å². The normalized spacial score (nSPS) is 11.1. The molecule has 3 rings (SSSR count). The molecular formula is C15H14FN3. The second-order valence-electron chi connectivity index (χ2n) is 4.42. The zero-order valence-electron chi connectivity index (χ0n) is 10.4. The van der Waals surface area contributed by atoms with Crippen LogP contribution in [0, 0.1) is 5.82 Å². The summed E-state index contributed by atoms with van der Waals surface area (Å²) in [7, 11) is 0. The number of hydrogen-bond donors (Lipinski definition) is 2. The summed E-state index contributed by atoms with van der Waals surface area (Å²) in [6, 6.07) is 12.8. The highest BCUT2D eigenvalue weighted by atomic mass is 19.1. The van der Waals surface area contributed by atoms with E-state index in [2.05, 4.69) is 9.97 Å². The lowest BCUT2D eigenvalue weighted by atomic mass is 10.0. The van der Waals surface area contributed by atoms with E-state index in [0.717, 1.165) is 17.5 Å². The Kier molecular flexibility index (Phi) is 3.01. The van der Waals surface area contributed by atoms with Crippen LogP contribution in [0.4, 0.5) is 4.39 Å². The van der Waals surface area contributed by atoms with Gasteiger partial charge < -0.3 is 10.7 Å². The minimum absolute atomic E-state index is 0.309. The molecule has 96 valence electrons. The van der Waals surface area contributed by atoms with Gasteiger partial charge in [0, 0.05) is 5.56 Å². The second-order valence-corrected chi connectivity index (χ2v) is 4.42. The number of fused-ring (bicyclic) bond motifs is 1. The van der Waals surface area contributed by atoms with Crippen molar-refractivity contribution in [3.8, 4) is 11.4 Å². The predicted molar refractivity (Wildman–Crippen MR) is 74.2 cm³/mol. The van der Waals surface area contributed by atoms with Gasteiger partial charge in [-0.2, -0.15) is 0 Å². The van der Waals surface area contributed by atoms with Crippen LogP contribution in [0.3, 0.4) is 0 Å². The molecule has 1 heterocycles. The maximum absolute atomic E-state index is 13.7. The Hall–Kier alpha value is -2.20. The van der Waals surface area contributed by atoms with Gasteiger partial charge in [0.2, 0.25) is 0 Å². The van der Waals surface area contributed by atoms with Gasteiger partial charge in [0.15, 0.2) is 5.82 Å². The average molecular weight is 255 g/mol. The average Bonchev–Trinajstić information content (AvgIpc) is 2.85. The fourth-order valence-corrected chi connectivity index (χ4v) is 2.25. The second kappa shape index (κ2) is 4.82. The minimum Gasteiger partial charge on any atom is -0.338 e. The molecule has 0 radical (unpaired) electrons. The largest absolute Gasteiger partial charge is 0.338 e. The number of H-pyrrole nitrogens is 1. The summed E-state index contributed by atoms with van der Waals surface area (Å²) in [5.41, 5.74) is 8.79. The summed E-state index contributed by atoms with van der Waals surface area (Å²) < 4.78 is 13.7. The third-order valence-corrected chi connectivity index (χ3v) is 3.15. The fourth-order valence-electron chi connectivity index (χ4n) is 2.25. The molecule has 3 aromatic rings. The Morgan fingerprint density at radius 2 is 1.95 bits per heavy atom. The maximum Gasteiger partial charge on any atom is 0.151 e. The number of benzene rings is 2. The molecule has 4 heteroatoms. The van der Waals surface area contributed by atoms with Crippen LogP contribution in [-0.4, -0.2) is 16.5 Å². The van der Waals surface area contributed by atoms with Crippen molar-refractivity contribution < 1.29 is 4.39 Å². The Labute approximate surface area is 110 Å². The molecule has 0 spiro atoms. The first-order chi connectivity index (χ1) is 9.29. The third-order valence-electron chi connectivity index (χ3n) is 3.15. The van der Waals surface area contributed by atoms with Crippen molar-refractivity contribution in [2.24, 2.45) is 5.73 Å². The number of hydrogen-bond acceptors (Lipinski definition) is 2. The van der Waals surface area contributed by atoms with E-state index in [4.69, 9.17) is 5.73 Å². The molecule has 0 aliphatic rings. The van der Waals surface area contributed by atoms with Crippen molar-refractivity contribution in [2.45, 2.75) is 6.42 Å². The van der Waals surface area contributed by atoms with Crippen molar-refractivity contribution in [2.75, 3.05) is 6.54 Å². The topological polar surface area (TPSA) is 54.7 Å². The van der Waals surface area contributed by atoms with Crippen molar-refractivity contribution in [3.05, 3.63) is 53.8 Å². The molecule has 0 unspecified atom stereocenters. The van der Waals surface area contributed by atoms with Crippen LogP contribution in [0.1, 0.15) is 5.56 Å². The van der Waals surface area contributed by atoms with Crippen molar-refractivity contribution in [1.29, 1.82) is 0 Å². The summed E-state index contributed by atoms with van der Waals surface area (Å²) in [6.07, 6.45) is 0.774. The van der Waals surface area contributed by atoms with Crippen LogP contribution < -0.4 is 5.73 Å². The van der Waals surface area contributed by atoms with E-state index >= 15 is 0 Å². The van der Waals surface area contributed by atoms with E-state index in [1.165, 1.54) is 6.07 Å². The summed E-state index contributed by atoms with van der Waals surface area (Å²) >= 11 is 0. The van der Waals surface area contributed by atoms with Crippen LogP contribution in [0.2, 0.25) is 0 Å². The smallest absolute Gasteiger partial charge is 0.151 e. The summed E-state index contributed by atoms with van der Waals surface area (Å²) in [5.74, 6) is 0.375. The van der Waals surface area contributed by atoms with Crippen molar-refractivity contribution >= 4 is 11.0 Å². The molecule has 2 aromatic carbocycles. The number of nitrogens with zero attached hydrogens (tertiary/aromatic N) is 1. The highest BCUT2D eigenvalue weighted by Gasteiger charge is 2.11. The lowest BCUT2D eigenvalue weighted by Crippen LogP contribution is -2.04. The van der Waals surface area contributed by atoms with Gasteiger partial charge in [0.05, 0.1) is 5.52 Å². The molecule has 19 heavy (non-hydrogen) atoms. The number of rotatable bonds is 3. The zero-order valence-corrected chi connectivity index (χ0v) is 10.4. The Bertz CT molecular complexity index is 718. The summed E-state index contributed by atoms with van der Waals surface area (Å²) in [5, 5.41) is 0. The highest BCUT2D eigenvalue weighted by molar-refractivity contribution is 5.80. The number of nitrogens with one attached hydrogen (secondary N) is 1. The molecule has 0 bridgehead atoms. The number of aromatic nitrogens is 2. The quantitative estimate of drug-likeness (QED) is 0.756. The van der Waals surface area contributed by atoms with Gasteiger partial charge in [-0.05, 0) is 30.7 Å². The maximum atomic E-state index is 13.7. The van der Waals surface area contributed by atoms with Gasteiger partial charge in [-0.1, -0.05) is 30.3 Å². The number of nitrogens with two attached hydrogens (primary N) is 1. The zero-order chi connectivity index (χ0) is 13.2. The molecule has 0 saturated carbocycles. The summed E-state index contributed by atoms with van der Waals surface area (Å²) in [4.78, 5) is 7.51. The molecule has 0 aliphatic heterocycles. The van der Waals surface area contributed by atoms with Crippen molar-refractivity contribution in [3.63, 3.8) is 0 Å². The first-order valence-corrected chi connectivity index (χ1v) is 6.22. The molecular weight excluding hydrogens is 241 g/mol. The molecule has 3 nitrogen and oxygen atoms in total. The number of imidazole rings is 1. The van der Waals surface area contributed by atoms with Crippen molar-refractivity contribution in [1.82, 2.24) is 9.97 Å². The predicted octanol–water partition coefficient (Wildman–Crippen LogP) is 2.87. The van der Waals surface area contributed by atoms with Crippen LogP contribution in [-0.2, 0) is 6.42 Å². The molecule has 0 saturated heterocycles. The van der Waals surface area contributed by atoms with Crippen LogP contribution in [0.15, 0.2) is 42.5 Å². The lowest BCUT2D eigenvalue weighted by Gasteiger charge is -2.05. The number of para-hydroxylation sites is 1. The van der Waals surface area contributed by atoms with Gasteiger partial charge in [0.25, 0.3) is 0 Å². The Balaban J connectivity index is 2.17. The minimum atomic E-state index is -0.309. The first-order valence-electron chi connectivity index (χ1n) is 6.22. The first kappa shape index (κ1) is 11.9. The van der Waals surface area contributed by atoms with Crippen LogP contribution in [0.25, 0.3) is 22.4 Å². The van der Waals surface area contributed by atoms with E-state index < -0.39 is 0 Å². The number of halogens is 1. The van der Waals surface area contributed by atoms with E-state index in [-0.39, 0.29) is 5.82 Å². The molecule has 0 atom stereocenters. The van der Waals surface area contributed by atoms with Crippen LogP contribution in [0.5, 0.6) is 0 Å². The van der Waals surface area contributed by atoms with Gasteiger partial charge in [-0.15, -0.1) is 0 Å². The molecule has 0 aliphatic carbocycles. The fraction of sp³-hybridized carbons (Fsp3) is 0.133. The molecule has 0 fully saturated rings. The molecule has 0 amide bonds. The highest BCUT2D eigenvalue weighted by Crippen LogP contribution is 2.25. The summed E-state index contributed by atoms with van der Waals surface area (Å²) in [6.45, 7) is 0.575. The van der Waals surface area contributed by atoms with Crippen LogP contribution >= 0.6 is 0 Å². The van der Waals surface area contributed by atoms with Gasteiger partial charge >= 0.3 is 0 Å². The third kappa shape index (κ3) is 2.11. The van der Waals surface area contributed by atoms with E-state index in [1.807, 2.05) is 30.3 Å². The molecule has 1 aromatic heterocycles. The standard InChI is InChI=1S/C15H14FN3/c16-12-6-3-7-13-14(12)19-15(18-13)11-5-2-1-4-10(11)8-9-17/h1-7H,8-9,17H2,(H,18,19). The molecule has 3 N–H and O–H groups in total. The Morgan fingerprint density at radius 1 is 1.11 bits per heavy atom.